The third-order valence-electron chi connectivity index (χ3n) is 9.27. The number of nitrogens with zero attached hydrogens (tertiary/aromatic N) is 3. The number of nitro groups is 1. The SMILES string of the molecule is Cc1ccc2nc(-c3ccc(N4C(=O)[C@@H]5[C@H]6CC[C@@H](C6)[C@@H]5C4=O)cc3)cc(C(=O)OCC(=O)c3ccc([N+](=O)[O-])cc3)c2c1. The van der Waals surface area contributed by atoms with Crippen LogP contribution in [0.1, 0.15) is 45.5 Å². The Morgan fingerprint density at radius 2 is 1.59 bits per heavy atom. The second-order valence-electron chi connectivity index (χ2n) is 11.8. The molecule has 2 bridgehead atoms. The number of carbonyl (C=O) groups excluding carboxylic acids is 4. The lowest BCUT2D eigenvalue weighted by atomic mass is 9.81. The quantitative estimate of drug-likeness (QED) is 0.0881. The van der Waals surface area contributed by atoms with Crippen molar-refractivity contribution in [3.63, 3.8) is 0 Å². The predicted octanol–water partition coefficient (Wildman–Crippen LogP) is 5.69. The van der Waals surface area contributed by atoms with Crippen LogP contribution < -0.4 is 4.90 Å². The first-order chi connectivity index (χ1) is 21.2. The molecule has 2 aliphatic carbocycles. The number of amides is 2. The number of non-ortho nitro benzene ring substituents is 1. The third kappa shape index (κ3) is 4.54. The Hall–Kier alpha value is -5.25. The van der Waals surface area contributed by atoms with Gasteiger partial charge in [-0.05, 0) is 80.5 Å². The Balaban J connectivity index is 1.14. The monoisotopic (exact) mass is 589 g/mol. The number of benzene rings is 3. The van der Waals surface area contributed by atoms with Gasteiger partial charge in [0, 0.05) is 28.6 Å². The van der Waals surface area contributed by atoms with Crippen molar-refractivity contribution in [3.8, 4) is 11.3 Å². The minimum atomic E-state index is -0.717. The van der Waals surface area contributed by atoms with Gasteiger partial charge >= 0.3 is 5.97 Å². The normalized spacial score (nSPS) is 22.0. The first-order valence-electron chi connectivity index (χ1n) is 14.5. The van der Waals surface area contributed by atoms with Crippen molar-refractivity contribution in [2.45, 2.75) is 26.2 Å². The molecule has 1 saturated heterocycles. The minimum Gasteiger partial charge on any atom is -0.454 e. The van der Waals surface area contributed by atoms with E-state index >= 15 is 0 Å². The van der Waals surface area contributed by atoms with E-state index in [1.165, 1.54) is 29.2 Å². The van der Waals surface area contributed by atoms with Gasteiger partial charge in [0.15, 0.2) is 12.4 Å². The number of ether oxygens (including phenoxy) is 1. The maximum atomic E-state index is 13.3. The lowest BCUT2D eigenvalue weighted by Crippen LogP contribution is -2.32. The standard InChI is InChI=1S/C34H27N3O7/c1-18-2-13-27-25(14-18)26(34(41)44-17-29(38)20-7-11-24(12-8-20)37(42)43)16-28(35-27)19-5-9-23(10-6-19)36-32(39)30-21-3-4-22(15-21)31(30)33(36)40/h2,5-14,16,21-22,30-31H,3-4,15,17H2,1H3/t21-,22-,30-,31+/m0/s1. The molecule has 0 N–H and O–H groups in total. The highest BCUT2D eigenvalue weighted by atomic mass is 16.6. The zero-order chi connectivity index (χ0) is 30.7. The molecule has 3 fully saturated rings. The molecule has 10 nitrogen and oxygen atoms in total. The summed E-state index contributed by atoms with van der Waals surface area (Å²) >= 11 is 0. The molecule has 4 aromatic rings. The van der Waals surface area contributed by atoms with E-state index in [2.05, 4.69) is 0 Å². The van der Waals surface area contributed by atoms with Crippen LogP contribution in [0.2, 0.25) is 0 Å². The van der Waals surface area contributed by atoms with Crippen LogP contribution in [0.15, 0.2) is 72.8 Å². The summed E-state index contributed by atoms with van der Waals surface area (Å²) in [5.74, 6) is -1.22. The summed E-state index contributed by atoms with van der Waals surface area (Å²) in [7, 11) is 0. The van der Waals surface area contributed by atoms with E-state index in [4.69, 9.17) is 9.72 Å². The maximum Gasteiger partial charge on any atom is 0.339 e. The molecule has 2 amide bonds. The fourth-order valence-electron chi connectivity index (χ4n) is 7.16. The van der Waals surface area contributed by atoms with E-state index in [-0.39, 0.29) is 40.5 Å². The number of imide groups is 1. The van der Waals surface area contributed by atoms with Gasteiger partial charge in [-0.25, -0.2) is 9.78 Å². The number of carbonyl (C=O) groups is 4. The maximum absolute atomic E-state index is 13.3. The van der Waals surface area contributed by atoms with Crippen LogP contribution in [-0.2, 0) is 14.3 Å². The molecule has 3 aliphatic rings. The second-order valence-corrected chi connectivity index (χ2v) is 11.8. The number of aryl methyl sites for hydroxylation is 1. The van der Waals surface area contributed by atoms with E-state index in [0.717, 1.165) is 24.8 Å². The van der Waals surface area contributed by atoms with Crippen molar-refractivity contribution in [3.05, 3.63) is 99.6 Å². The number of rotatable bonds is 7. The molecule has 4 atom stereocenters. The van der Waals surface area contributed by atoms with Crippen LogP contribution >= 0.6 is 0 Å². The number of nitro benzene ring substituents is 1. The predicted molar refractivity (Wildman–Crippen MR) is 160 cm³/mol. The number of pyridine rings is 1. The van der Waals surface area contributed by atoms with Crippen molar-refractivity contribution in [2.24, 2.45) is 23.7 Å². The van der Waals surface area contributed by atoms with Crippen LogP contribution in [0.3, 0.4) is 0 Å². The summed E-state index contributed by atoms with van der Waals surface area (Å²) in [6.07, 6.45) is 3.00. The highest BCUT2D eigenvalue weighted by molar-refractivity contribution is 6.22. The molecule has 7 rings (SSSR count). The van der Waals surface area contributed by atoms with E-state index < -0.39 is 23.3 Å². The summed E-state index contributed by atoms with van der Waals surface area (Å²) in [5.41, 5.74) is 3.41. The number of ketones is 1. The first kappa shape index (κ1) is 27.6. The molecule has 0 radical (unpaired) electrons. The number of anilines is 1. The molecule has 1 aliphatic heterocycles. The van der Waals surface area contributed by atoms with Gasteiger partial charge in [0.2, 0.25) is 11.8 Å². The molecule has 44 heavy (non-hydrogen) atoms. The average molecular weight is 590 g/mol. The van der Waals surface area contributed by atoms with Gasteiger partial charge in [0.05, 0.1) is 39.2 Å². The summed E-state index contributed by atoms with van der Waals surface area (Å²) in [6, 6.07) is 19.2. The molecular formula is C34H27N3O7. The summed E-state index contributed by atoms with van der Waals surface area (Å²) in [6.45, 7) is 1.34. The molecule has 220 valence electrons. The highest BCUT2D eigenvalue weighted by Gasteiger charge is 2.61. The number of Topliss-reactive ketones (excluding diaryl/α,β-unsaturated/α-hetero) is 1. The Kier molecular flexibility index (Phi) is 6.57. The number of fused-ring (bicyclic) bond motifs is 6. The first-order valence-corrected chi connectivity index (χ1v) is 14.5. The Labute approximate surface area is 251 Å². The molecule has 2 heterocycles. The zero-order valence-corrected chi connectivity index (χ0v) is 23.8. The number of hydrogen-bond acceptors (Lipinski definition) is 8. The van der Waals surface area contributed by atoms with Crippen LogP contribution in [0.4, 0.5) is 11.4 Å². The smallest absolute Gasteiger partial charge is 0.339 e. The molecule has 0 spiro atoms. The molecule has 2 saturated carbocycles. The molecular weight excluding hydrogens is 562 g/mol. The van der Waals surface area contributed by atoms with Crippen molar-refractivity contribution in [2.75, 3.05) is 11.5 Å². The van der Waals surface area contributed by atoms with Crippen LogP contribution in [0.5, 0.6) is 0 Å². The van der Waals surface area contributed by atoms with E-state index in [1.54, 1.807) is 36.4 Å². The zero-order valence-electron chi connectivity index (χ0n) is 23.8. The molecule has 1 aromatic heterocycles. The van der Waals surface area contributed by atoms with Crippen molar-refractivity contribution in [1.29, 1.82) is 0 Å². The average Bonchev–Trinajstić information content (AvgIpc) is 3.72. The van der Waals surface area contributed by atoms with Gasteiger partial charge in [-0.3, -0.25) is 29.4 Å². The van der Waals surface area contributed by atoms with Gasteiger partial charge in [0.25, 0.3) is 5.69 Å². The topological polar surface area (TPSA) is 137 Å². The van der Waals surface area contributed by atoms with E-state index in [1.807, 2.05) is 19.1 Å². The Morgan fingerprint density at radius 1 is 0.932 bits per heavy atom. The fraction of sp³-hybridized carbons (Fsp3) is 0.265. The Bertz CT molecular complexity index is 1860. The fourth-order valence-corrected chi connectivity index (χ4v) is 7.16. The number of esters is 1. The van der Waals surface area contributed by atoms with Gasteiger partial charge < -0.3 is 4.74 Å². The van der Waals surface area contributed by atoms with E-state index in [0.29, 0.717) is 39.7 Å². The second kappa shape index (κ2) is 10.5. The molecule has 0 unspecified atom stereocenters. The third-order valence-corrected chi connectivity index (χ3v) is 9.27. The van der Waals surface area contributed by atoms with Crippen LogP contribution in [0.25, 0.3) is 22.2 Å². The van der Waals surface area contributed by atoms with Gasteiger partial charge in [-0.15, -0.1) is 0 Å². The lowest BCUT2D eigenvalue weighted by Gasteiger charge is -2.19. The summed E-state index contributed by atoms with van der Waals surface area (Å²) < 4.78 is 5.40. The summed E-state index contributed by atoms with van der Waals surface area (Å²) in [5, 5.41) is 11.5. The highest BCUT2D eigenvalue weighted by Crippen LogP contribution is 2.56. The Morgan fingerprint density at radius 3 is 2.23 bits per heavy atom. The molecule has 10 heteroatoms. The lowest BCUT2D eigenvalue weighted by molar-refractivity contribution is -0.384. The van der Waals surface area contributed by atoms with Crippen molar-refractivity contribution < 1.29 is 28.8 Å². The van der Waals surface area contributed by atoms with Crippen molar-refractivity contribution in [1.82, 2.24) is 4.98 Å². The van der Waals surface area contributed by atoms with Gasteiger partial charge in [0.1, 0.15) is 0 Å². The van der Waals surface area contributed by atoms with Gasteiger partial charge in [-0.1, -0.05) is 23.8 Å². The van der Waals surface area contributed by atoms with E-state index in [9.17, 15) is 29.3 Å². The minimum absolute atomic E-state index is 0.104. The van der Waals surface area contributed by atoms with Gasteiger partial charge in [-0.2, -0.15) is 0 Å². The van der Waals surface area contributed by atoms with Crippen LogP contribution in [0, 0.1) is 40.7 Å². The largest absolute Gasteiger partial charge is 0.454 e. The number of hydrogen-bond donors (Lipinski definition) is 0. The van der Waals surface area contributed by atoms with Crippen LogP contribution in [-0.4, -0.2) is 40.1 Å². The summed E-state index contributed by atoms with van der Waals surface area (Å²) in [4.78, 5) is 68.9. The van der Waals surface area contributed by atoms with Crippen molar-refractivity contribution >= 4 is 45.8 Å². The number of aromatic nitrogens is 1. The molecule has 3 aromatic carbocycles.